The van der Waals surface area contributed by atoms with Crippen LogP contribution >= 0.6 is 0 Å². The number of nitrogens with two attached hydrogens (primary N) is 1. The number of fused-ring (bicyclic) bond motifs is 2. The molecule has 0 radical (unpaired) electrons. The van der Waals surface area contributed by atoms with Gasteiger partial charge >= 0.3 is 6.18 Å². The van der Waals surface area contributed by atoms with Crippen LogP contribution in [0.2, 0.25) is 0 Å². The van der Waals surface area contributed by atoms with E-state index in [-0.39, 0.29) is 41.7 Å². The lowest BCUT2D eigenvalue weighted by atomic mass is 10.1. The highest BCUT2D eigenvalue weighted by Gasteiger charge is 2.46. The fourth-order valence-electron chi connectivity index (χ4n) is 4.96. The van der Waals surface area contributed by atoms with E-state index in [0.717, 1.165) is 0 Å². The van der Waals surface area contributed by atoms with Crippen molar-refractivity contribution in [3.8, 4) is 22.6 Å². The zero-order chi connectivity index (χ0) is 25.9. The molecule has 2 atom stereocenters. The minimum atomic E-state index is -4.50. The number of pyridine rings is 2. The Morgan fingerprint density at radius 1 is 1.05 bits per heavy atom. The second kappa shape index (κ2) is 8.60. The van der Waals surface area contributed by atoms with Crippen LogP contribution in [0.3, 0.4) is 0 Å². The summed E-state index contributed by atoms with van der Waals surface area (Å²) in [5.41, 5.74) is 7.63. The van der Waals surface area contributed by atoms with E-state index >= 15 is 4.39 Å². The Kier molecular flexibility index (Phi) is 5.46. The van der Waals surface area contributed by atoms with Gasteiger partial charge in [-0.05, 0) is 24.1 Å². The van der Waals surface area contributed by atoms with E-state index < -0.39 is 18.0 Å². The zero-order valence-electron chi connectivity index (χ0n) is 19.7. The Morgan fingerprint density at radius 2 is 1.86 bits per heavy atom. The normalized spacial score (nSPS) is 17.7. The number of hydrogen-bond donors (Lipinski definition) is 1. The highest BCUT2D eigenvalue weighted by atomic mass is 19.4. The molecule has 2 N–H and O–H groups in total. The quantitative estimate of drug-likeness (QED) is 0.366. The van der Waals surface area contributed by atoms with E-state index in [4.69, 9.17) is 5.73 Å². The molecule has 5 heterocycles. The van der Waals surface area contributed by atoms with Gasteiger partial charge in [0, 0.05) is 55.1 Å². The molecular formula is C25H22F4N8. The summed E-state index contributed by atoms with van der Waals surface area (Å²) in [4.78, 5) is 5.84. The number of rotatable bonds is 4. The maximum atomic E-state index is 15.5. The predicted octanol–water partition coefficient (Wildman–Crippen LogP) is 4.12. The molecule has 0 spiro atoms. The van der Waals surface area contributed by atoms with Gasteiger partial charge in [-0.1, -0.05) is 24.3 Å². The third-order valence-electron chi connectivity index (χ3n) is 6.72. The fourth-order valence-corrected chi connectivity index (χ4v) is 4.96. The van der Waals surface area contributed by atoms with E-state index in [1.807, 2.05) is 0 Å². The van der Waals surface area contributed by atoms with E-state index in [1.54, 1.807) is 48.4 Å². The third-order valence-corrected chi connectivity index (χ3v) is 6.72. The first-order valence-electron chi connectivity index (χ1n) is 11.7. The van der Waals surface area contributed by atoms with Crippen LogP contribution in [0.1, 0.15) is 18.0 Å². The SMILES string of the molecule is Cn1cc(-c2ccc3ccc(-c4nnc5ccc([C@@H](N6CCC(N)C6)C(F)(F)F)cn45)nc3c2F)cn1. The summed E-state index contributed by atoms with van der Waals surface area (Å²) in [5.74, 6) is -0.312. The molecule has 190 valence electrons. The summed E-state index contributed by atoms with van der Waals surface area (Å²) in [6.45, 7) is 0.408. The number of aromatic nitrogens is 6. The third kappa shape index (κ3) is 4.11. The van der Waals surface area contributed by atoms with Gasteiger partial charge < -0.3 is 5.73 Å². The molecule has 0 saturated carbocycles. The largest absolute Gasteiger partial charge is 0.408 e. The zero-order valence-corrected chi connectivity index (χ0v) is 19.7. The number of nitrogens with zero attached hydrogens (tertiary/aromatic N) is 7. The number of alkyl halides is 3. The van der Waals surface area contributed by atoms with E-state index in [2.05, 4.69) is 20.3 Å². The van der Waals surface area contributed by atoms with Crippen LogP contribution in [-0.2, 0) is 7.05 Å². The average Bonchev–Trinajstić information content (AvgIpc) is 3.58. The monoisotopic (exact) mass is 510 g/mol. The Labute approximate surface area is 208 Å². The lowest BCUT2D eigenvalue weighted by molar-refractivity contribution is -0.183. The molecule has 0 amide bonds. The van der Waals surface area contributed by atoms with Crippen LogP contribution < -0.4 is 5.73 Å². The second-order valence-electron chi connectivity index (χ2n) is 9.30. The molecule has 5 aromatic rings. The summed E-state index contributed by atoms with van der Waals surface area (Å²) in [7, 11) is 1.74. The van der Waals surface area contributed by atoms with Gasteiger partial charge in [0.15, 0.2) is 17.3 Å². The van der Waals surface area contributed by atoms with Crippen LogP contribution in [0, 0.1) is 5.82 Å². The molecule has 4 aromatic heterocycles. The fraction of sp³-hybridized carbons (Fsp3) is 0.280. The molecule has 8 nitrogen and oxygen atoms in total. The van der Waals surface area contributed by atoms with Crippen molar-refractivity contribution in [1.82, 2.24) is 34.3 Å². The van der Waals surface area contributed by atoms with Gasteiger partial charge in [0.25, 0.3) is 0 Å². The summed E-state index contributed by atoms with van der Waals surface area (Å²) >= 11 is 0. The lowest BCUT2D eigenvalue weighted by Gasteiger charge is -2.30. The van der Waals surface area contributed by atoms with Gasteiger partial charge in [-0.25, -0.2) is 9.37 Å². The Balaban J connectivity index is 1.45. The van der Waals surface area contributed by atoms with Crippen molar-refractivity contribution in [2.45, 2.75) is 24.7 Å². The van der Waals surface area contributed by atoms with Gasteiger partial charge in [0.2, 0.25) is 0 Å². The van der Waals surface area contributed by atoms with E-state index in [1.165, 1.54) is 27.6 Å². The van der Waals surface area contributed by atoms with Crippen LogP contribution in [0.5, 0.6) is 0 Å². The molecule has 0 aliphatic carbocycles. The lowest BCUT2D eigenvalue weighted by Crippen LogP contribution is -2.38. The topological polar surface area (TPSA) is 90.2 Å². The van der Waals surface area contributed by atoms with Crippen LogP contribution in [0.25, 0.3) is 39.2 Å². The average molecular weight is 510 g/mol. The summed E-state index contributed by atoms with van der Waals surface area (Å²) in [5, 5.41) is 12.9. The maximum absolute atomic E-state index is 15.5. The molecule has 1 aliphatic heterocycles. The standard InChI is InChI=1S/C25H22F4N8/c1-35-11-16(10-31-35)18-5-2-14-3-6-19(32-22(14)21(18)26)24-34-33-20-7-4-15(12-37(20)24)23(25(27,28)29)36-9-8-17(30)13-36/h2-7,10-12,17,23H,8-9,13,30H2,1H3/t17?,23-/m1/s1. The minimum absolute atomic E-state index is 0.0426. The molecule has 1 fully saturated rings. The predicted molar refractivity (Wildman–Crippen MR) is 129 cm³/mol. The minimum Gasteiger partial charge on any atom is -0.326 e. The smallest absolute Gasteiger partial charge is 0.326 e. The van der Waals surface area contributed by atoms with Crippen molar-refractivity contribution in [3.63, 3.8) is 0 Å². The molecule has 0 bridgehead atoms. The van der Waals surface area contributed by atoms with Gasteiger partial charge in [-0.3, -0.25) is 14.0 Å². The van der Waals surface area contributed by atoms with Crippen LogP contribution in [0.15, 0.2) is 55.0 Å². The summed E-state index contributed by atoms with van der Waals surface area (Å²) < 4.78 is 61.0. The highest BCUT2D eigenvalue weighted by Crippen LogP contribution is 2.39. The van der Waals surface area contributed by atoms with Crippen molar-refractivity contribution in [2.75, 3.05) is 13.1 Å². The van der Waals surface area contributed by atoms with Crippen molar-refractivity contribution in [1.29, 1.82) is 0 Å². The molecule has 1 aliphatic rings. The maximum Gasteiger partial charge on any atom is 0.408 e. The van der Waals surface area contributed by atoms with Gasteiger partial charge in [-0.2, -0.15) is 18.3 Å². The number of halogens is 4. The number of hydrogen-bond acceptors (Lipinski definition) is 6. The van der Waals surface area contributed by atoms with Gasteiger partial charge in [-0.15, -0.1) is 10.2 Å². The van der Waals surface area contributed by atoms with E-state index in [9.17, 15) is 13.2 Å². The van der Waals surface area contributed by atoms with Crippen LogP contribution in [0.4, 0.5) is 17.6 Å². The second-order valence-corrected chi connectivity index (χ2v) is 9.30. The Bertz CT molecular complexity index is 1620. The van der Waals surface area contributed by atoms with Crippen molar-refractivity contribution < 1.29 is 17.6 Å². The number of aryl methyl sites for hydroxylation is 1. The van der Waals surface area contributed by atoms with Crippen molar-refractivity contribution in [2.24, 2.45) is 12.8 Å². The summed E-state index contributed by atoms with van der Waals surface area (Å²) in [6, 6.07) is 7.55. The number of benzene rings is 1. The van der Waals surface area contributed by atoms with Gasteiger partial charge in [0.05, 0.1) is 6.20 Å². The van der Waals surface area contributed by atoms with Crippen molar-refractivity contribution in [3.05, 3.63) is 66.4 Å². The summed E-state index contributed by atoms with van der Waals surface area (Å²) in [6.07, 6.45) is 0.637. The molecule has 6 rings (SSSR count). The van der Waals surface area contributed by atoms with Gasteiger partial charge in [0.1, 0.15) is 17.3 Å². The number of likely N-dealkylation sites (tertiary alicyclic amines) is 1. The highest BCUT2D eigenvalue weighted by molar-refractivity contribution is 5.86. The molecule has 1 unspecified atom stereocenters. The Morgan fingerprint density at radius 3 is 2.57 bits per heavy atom. The van der Waals surface area contributed by atoms with E-state index in [0.29, 0.717) is 28.6 Å². The van der Waals surface area contributed by atoms with Crippen LogP contribution in [-0.4, -0.2) is 59.6 Å². The molecule has 37 heavy (non-hydrogen) atoms. The molecule has 1 aromatic carbocycles. The first kappa shape index (κ1) is 23.5. The molecular weight excluding hydrogens is 488 g/mol. The Hall–Kier alpha value is -3.90. The molecule has 1 saturated heterocycles. The first-order chi connectivity index (χ1) is 17.7. The van der Waals surface area contributed by atoms with Crippen molar-refractivity contribution >= 4 is 16.6 Å². The molecule has 12 heteroatoms. The first-order valence-corrected chi connectivity index (χ1v) is 11.7.